The number of benzene rings is 2. The van der Waals surface area contributed by atoms with Crippen LogP contribution in [0.5, 0.6) is 11.5 Å². The molecule has 0 saturated heterocycles. The topological polar surface area (TPSA) is 80.9 Å². The monoisotopic (exact) mass is 396 g/mol. The van der Waals surface area contributed by atoms with E-state index in [-0.39, 0.29) is 12.5 Å². The Morgan fingerprint density at radius 3 is 2.52 bits per heavy atom. The highest BCUT2D eigenvalue weighted by atomic mass is 16.5. The fourth-order valence-electron chi connectivity index (χ4n) is 3.11. The second kappa shape index (κ2) is 9.14. The first-order chi connectivity index (χ1) is 14.1. The lowest BCUT2D eigenvalue weighted by Crippen LogP contribution is -2.34. The van der Waals surface area contributed by atoms with Crippen LogP contribution in [0.4, 0.5) is 0 Å². The molecule has 0 radical (unpaired) electrons. The molecule has 0 saturated carbocycles. The maximum Gasteiger partial charge on any atom is 0.340 e. The number of fused-ring (bicyclic) bond motifs is 1. The Balaban J connectivity index is 1.63. The van der Waals surface area contributed by atoms with Crippen LogP contribution in [0, 0.1) is 0 Å². The molecule has 0 bridgehead atoms. The average molecular weight is 396 g/mol. The minimum atomic E-state index is -0.530. The predicted octanol–water partition coefficient (Wildman–Crippen LogP) is 3.39. The molecule has 0 unspecified atom stereocenters. The zero-order valence-electron chi connectivity index (χ0n) is 16.7. The van der Waals surface area contributed by atoms with Crippen LogP contribution in [0.15, 0.2) is 48.7 Å². The first kappa shape index (κ1) is 20.3. The number of nitrogens with zero attached hydrogens (tertiary/aromatic N) is 1. The van der Waals surface area contributed by atoms with E-state index in [2.05, 4.69) is 4.98 Å². The van der Waals surface area contributed by atoms with Gasteiger partial charge >= 0.3 is 5.97 Å². The number of methoxy groups -OCH3 is 2. The molecular formula is C22H24N2O5. The van der Waals surface area contributed by atoms with E-state index in [1.165, 1.54) is 0 Å². The highest BCUT2D eigenvalue weighted by molar-refractivity contribution is 6.04. The number of esters is 1. The smallest absolute Gasteiger partial charge is 0.340 e. The fourth-order valence-corrected chi connectivity index (χ4v) is 3.11. The Morgan fingerprint density at radius 2 is 1.79 bits per heavy atom. The van der Waals surface area contributed by atoms with Crippen LogP contribution in [0.2, 0.25) is 0 Å². The van der Waals surface area contributed by atoms with E-state index in [0.717, 1.165) is 16.5 Å². The van der Waals surface area contributed by atoms with Crippen molar-refractivity contribution in [1.29, 1.82) is 0 Å². The first-order valence-corrected chi connectivity index (χ1v) is 9.29. The standard InChI is InChI=1S/C22H24N2O5/c1-4-24(13-15-9-10-19(27-2)20(11-15)28-3)21(25)14-29-22(26)17-12-23-18-8-6-5-7-16(17)18/h5-12,23H,4,13-14H2,1-3H3. The third-order valence-electron chi connectivity index (χ3n) is 4.69. The van der Waals surface area contributed by atoms with E-state index in [0.29, 0.717) is 30.2 Å². The van der Waals surface area contributed by atoms with Crippen molar-refractivity contribution >= 4 is 22.8 Å². The van der Waals surface area contributed by atoms with Gasteiger partial charge in [-0.15, -0.1) is 0 Å². The number of H-pyrrole nitrogens is 1. The summed E-state index contributed by atoms with van der Waals surface area (Å²) in [4.78, 5) is 29.6. The van der Waals surface area contributed by atoms with E-state index in [1.807, 2.05) is 43.3 Å². The van der Waals surface area contributed by atoms with E-state index in [4.69, 9.17) is 14.2 Å². The van der Waals surface area contributed by atoms with Gasteiger partial charge in [0.1, 0.15) is 0 Å². The van der Waals surface area contributed by atoms with E-state index < -0.39 is 5.97 Å². The van der Waals surface area contributed by atoms with Crippen LogP contribution in [-0.4, -0.2) is 49.1 Å². The molecule has 0 atom stereocenters. The third kappa shape index (κ3) is 4.51. The molecule has 3 aromatic rings. The Hall–Kier alpha value is -3.48. The van der Waals surface area contributed by atoms with Gasteiger partial charge in [-0.2, -0.15) is 0 Å². The predicted molar refractivity (Wildman–Crippen MR) is 109 cm³/mol. The van der Waals surface area contributed by atoms with Crippen molar-refractivity contribution in [1.82, 2.24) is 9.88 Å². The zero-order chi connectivity index (χ0) is 20.8. The van der Waals surface area contributed by atoms with Gasteiger partial charge in [-0.3, -0.25) is 4.79 Å². The number of hydrogen-bond acceptors (Lipinski definition) is 5. The summed E-state index contributed by atoms with van der Waals surface area (Å²) in [6.07, 6.45) is 1.60. The highest BCUT2D eigenvalue weighted by Gasteiger charge is 2.18. The number of carbonyl (C=O) groups is 2. The molecule has 152 valence electrons. The van der Waals surface area contributed by atoms with Gasteiger partial charge in [0, 0.05) is 30.2 Å². The number of amides is 1. The molecule has 1 heterocycles. The number of aromatic amines is 1. The lowest BCUT2D eigenvalue weighted by atomic mass is 10.2. The molecule has 0 aliphatic carbocycles. The van der Waals surface area contributed by atoms with Crippen LogP contribution < -0.4 is 9.47 Å². The van der Waals surface area contributed by atoms with Gasteiger partial charge in [-0.05, 0) is 30.7 Å². The van der Waals surface area contributed by atoms with Gasteiger partial charge in [0.25, 0.3) is 5.91 Å². The Morgan fingerprint density at radius 1 is 1.03 bits per heavy atom. The van der Waals surface area contributed by atoms with E-state index in [1.54, 1.807) is 31.4 Å². The number of likely N-dealkylation sites (N-methyl/N-ethyl adjacent to an activating group) is 1. The molecular weight excluding hydrogens is 372 g/mol. The summed E-state index contributed by atoms with van der Waals surface area (Å²) in [5.41, 5.74) is 2.14. The SMILES string of the molecule is CCN(Cc1ccc(OC)c(OC)c1)C(=O)COC(=O)c1c[nH]c2ccccc12. The molecule has 29 heavy (non-hydrogen) atoms. The molecule has 0 fully saturated rings. The zero-order valence-corrected chi connectivity index (χ0v) is 16.7. The molecule has 7 heteroatoms. The van der Waals surface area contributed by atoms with Gasteiger partial charge in [0.05, 0.1) is 19.8 Å². The highest BCUT2D eigenvalue weighted by Crippen LogP contribution is 2.28. The first-order valence-electron chi connectivity index (χ1n) is 9.29. The Bertz CT molecular complexity index is 1010. The Kier molecular flexibility index (Phi) is 6.39. The number of para-hydroxylation sites is 1. The van der Waals surface area contributed by atoms with Crippen molar-refractivity contribution in [3.8, 4) is 11.5 Å². The van der Waals surface area contributed by atoms with Crippen molar-refractivity contribution in [3.63, 3.8) is 0 Å². The number of rotatable bonds is 8. The van der Waals surface area contributed by atoms with Crippen LogP contribution >= 0.6 is 0 Å². The average Bonchev–Trinajstić information content (AvgIpc) is 3.19. The van der Waals surface area contributed by atoms with E-state index in [9.17, 15) is 9.59 Å². The number of aromatic nitrogens is 1. The summed E-state index contributed by atoms with van der Waals surface area (Å²) in [5, 5.41) is 0.766. The van der Waals surface area contributed by atoms with Crippen molar-refractivity contribution in [2.45, 2.75) is 13.5 Å². The third-order valence-corrected chi connectivity index (χ3v) is 4.69. The quantitative estimate of drug-likeness (QED) is 0.591. The summed E-state index contributed by atoms with van der Waals surface area (Å²) in [6.45, 7) is 2.41. The number of nitrogens with one attached hydrogen (secondary N) is 1. The maximum atomic E-state index is 12.6. The Labute approximate surface area is 169 Å². The lowest BCUT2D eigenvalue weighted by molar-refractivity contribution is -0.134. The largest absolute Gasteiger partial charge is 0.493 e. The van der Waals surface area contributed by atoms with Crippen molar-refractivity contribution < 1.29 is 23.8 Å². The minimum absolute atomic E-state index is 0.268. The molecule has 0 aliphatic rings. The summed E-state index contributed by atoms with van der Waals surface area (Å²) >= 11 is 0. The summed E-state index contributed by atoms with van der Waals surface area (Å²) < 4.78 is 15.8. The van der Waals surface area contributed by atoms with Crippen LogP contribution in [-0.2, 0) is 16.1 Å². The van der Waals surface area contributed by atoms with Gasteiger partial charge < -0.3 is 24.1 Å². The minimum Gasteiger partial charge on any atom is -0.493 e. The lowest BCUT2D eigenvalue weighted by Gasteiger charge is -2.21. The van der Waals surface area contributed by atoms with Crippen molar-refractivity contribution in [3.05, 3.63) is 59.8 Å². The molecule has 0 aliphatic heterocycles. The van der Waals surface area contributed by atoms with Gasteiger partial charge in [0.2, 0.25) is 0 Å². The van der Waals surface area contributed by atoms with Gasteiger partial charge in [-0.1, -0.05) is 24.3 Å². The molecule has 0 spiro atoms. The molecule has 3 rings (SSSR count). The van der Waals surface area contributed by atoms with E-state index >= 15 is 0 Å². The second-order valence-corrected chi connectivity index (χ2v) is 6.42. The van der Waals surface area contributed by atoms with Crippen LogP contribution in [0.3, 0.4) is 0 Å². The fraction of sp³-hybridized carbons (Fsp3) is 0.273. The van der Waals surface area contributed by atoms with Crippen molar-refractivity contribution in [2.24, 2.45) is 0 Å². The number of hydrogen-bond donors (Lipinski definition) is 1. The number of ether oxygens (including phenoxy) is 3. The summed E-state index contributed by atoms with van der Waals surface area (Å²) in [6, 6.07) is 12.9. The number of carbonyl (C=O) groups excluding carboxylic acids is 2. The normalized spacial score (nSPS) is 10.6. The van der Waals surface area contributed by atoms with Crippen LogP contribution in [0.25, 0.3) is 10.9 Å². The summed E-state index contributed by atoms with van der Waals surface area (Å²) in [7, 11) is 3.13. The van der Waals surface area contributed by atoms with Gasteiger partial charge in [0.15, 0.2) is 18.1 Å². The molecule has 1 N–H and O–H groups in total. The molecule has 1 aromatic heterocycles. The van der Waals surface area contributed by atoms with Gasteiger partial charge in [-0.25, -0.2) is 4.79 Å². The molecule has 7 nitrogen and oxygen atoms in total. The maximum absolute atomic E-state index is 12.6. The van der Waals surface area contributed by atoms with Crippen LogP contribution in [0.1, 0.15) is 22.8 Å². The molecule has 2 aromatic carbocycles. The molecule has 1 amide bonds. The second-order valence-electron chi connectivity index (χ2n) is 6.42. The van der Waals surface area contributed by atoms with Crippen molar-refractivity contribution in [2.75, 3.05) is 27.4 Å². The summed E-state index contributed by atoms with van der Waals surface area (Å²) in [5.74, 6) is 0.422.